The van der Waals surface area contributed by atoms with E-state index in [1.807, 2.05) is 24.3 Å². The second-order valence-corrected chi connectivity index (χ2v) is 6.09. The highest BCUT2D eigenvalue weighted by Gasteiger charge is 2.13. The predicted molar refractivity (Wildman–Crippen MR) is 89.3 cm³/mol. The first-order valence-electron chi connectivity index (χ1n) is 6.11. The Kier molecular flexibility index (Phi) is 3.98. The van der Waals surface area contributed by atoms with Crippen LogP contribution in [0.2, 0.25) is 0 Å². The predicted octanol–water partition coefficient (Wildman–Crippen LogP) is 4.41. The Morgan fingerprint density at radius 1 is 1.10 bits per heavy atom. The number of rotatable bonds is 2. The van der Waals surface area contributed by atoms with E-state index in [1.54, 1.807) is 24.5 Å². The molecular weight excluding hydrogens is 398 g/mol. The van der Waals surface area contributed by atoms with Crippen molar-refractivity contribution >= 4 is 54.4 Å². The van der Waals surface area contributed by atoms with Gasteiger partial charge in [0, 0.05) is 26.7 Å². The minimum atomic E-state index is -0.278. The van der Waals surface area contributed by atoms with Gasteiger partial charge in [-0.1, -0.05) is 12.1 Å². The molecule has 1 amide bonds. The lowest BCUT2D eigenvalue weighted by atomic mass is 10.2. The molecule has 0 saturated carbocycles. The number of hydrogen-bond acceptors (Lipinski definition) is 3. The molecule has 21 heavy (non-hydrogen) atoms. The molecule has 0 saturated heterocycles. The monoisotopic (exact) mass is 405 g/mol. The fourth-order valence-electron chi connectivity index (χ4n) is 1.97. The number of hydrogen-bond donors (Lipinski definition) is 1. The molecule has 0 unspecified atom stereocenters. The van der Waals surface area contributed by atoms with E-state index in [2.05, 4.69) is 47.1 Å². The zero-order chi connectivity index (χ0) is 14.8. The fourth-order valence-corrected chi connectivity index (χ4v) is 2.75. The van der Waals surface area contributed by atoms with Crippen LogP contribution in [0.5, 0.6) is 0 Å². The van der Waals surface area contributed by atoms with E-state index >= 15 is 0 Å². The van der Waals surface area contributed by atoms with Crippen LogP contribution in [0.3, 0.4) is 0 Å². The van der Waals surface area contributed by atoms with Gasteiger partial charge in [-0.15, -0.1) is 0 Å². The average Bonchev–Trinajstić information content (AvgIpc) is 2.47. The Bertz CT molecular complexity index is 836. The Morgan fingerprint density at radius 2 is 1.95 bits per heavy atom. The van der Waals surface area contributed by atoms with Crippen molar-refractivity contribution in [3.63, 3.8) is 0 Å². The molecule has 2 aromatic heterocycles. The van der Waals surface area contributed by atoms with Crippen LogP contribution in [0.1, 0.15) is 10.5 Å². The number of amides is 1. The van der Waals surface area contributed by atoms with Gasteiger partial charge in [0.25, 0.3) is 5.91 Å². The van der Waals surface area contributed by atoms with Crippen LogP contribution in [0.25, 0.3) is 10.9 Å². The van der Waals surface area contributed by atoms with E-state index in [-0.39, 0.29) is 5.91 Å². The SMILES string of the molecule is O=C(Nc1cccc2cc(Br)cnc12)c1ncccc1Br. The quantitative estimate of drug-likeness (QED) is 0.685. The molecule has 1 N–H and O–H groups in total. The summed E-state index contributed by atoms with van der Waals surface area (Å²) in [7, 11) is 0. The molecule has 6 heteroatoms. The first-order chi connectivity index (χ1) is 10.1. The van der Waals surface area contributed by atoms with Crippen molar-refractivity contribution < 1.29 is 4.79 Å². The van der Waals surface area contributed by atoms with E-state index in [9.17, 15) is 4.79 Å². The largest absolute Gasteiger partial charge is 0.319 e. The van der Waals surface area contributed by atoms with Crippen LogP contribution in [0.4, 0.5) is 5.69 Å². The highest BCUT2D eigenvalue weighted by Crippen LogP contribution is 2.25. The van der Waals surface area contributed by atoms with Gasteiger partial charge in [-0.2, -0.15) is 0 Å². The van der Waals surface area contributed by atoms with Crippen LogP contribution < -0.4 is 5.32 Å². The molecule has 0 fully saturated rings. The second kappa shape index (κ2) is 5.91. The normalized spacial score (nSPS) is 10.6. The molecule has 2 heterocycles. The molecule has 0 aliphatic heterocycles. The number of para-hydroxylation sites is 1. The third-order valence-corrected chi connectivity index (χ3v) is 3.97. The number of nitrogens with zero attached hydrogens (tertiary/aromatic N) is 2. The molecule has 1 aromatic carbocycles. The first-order valence-corrected chi connectivity index (χ1v) is 7.70. The topological polar surface area (TPSA) is 54.9 Å². The summed E-state index contributed by atoms with van der Waals surface area (Å²) in [5.74, 6) is -0.278. The maximum Gasteiger partial charge on any atom is 0.275 e. The van der Waals surface area contributed by atoms with Gasteiger partial charge in [0.2, 0.25) is 0 Å². The van der Waals surface area contributed by atoms with Crippen LogP contribution in [-0.2, 0) is 0 Å². The molecule has 3 rings (SSSR count). The van der Waals surface area contributed by atoms with E-state index < -0.39 is 0 Å². The molecule has 104 valence electrons. The van der Waals surface area contributed by atoms with Crippen molar-refractivity contribution in [2.45, 2.75) is 0 Å². The molecule has 0 aliphatic rings. The number of carbonyl (C=O) groups excluding carboxylic acids is 1. The maximum atomic E-state index is 12.3. The zero-order valence-electron chi connectivity index (χ0n) is 10.7. The standard InChI is InChI=1S/C15H9Br2N3O/c16-10-7-9-3-1-5-12(13(9)19-8-10)20-15(21)14-11(17)4-2-6-18-14/h1-8H,(H,20,21). The summed E-state index contributed by atoms with van der Waals surface area (Å²) in [6, 6.07) is 11.1. The number of anilines is 1. The van der Waals surface area contributed by atoms with E-state index in [4.69, 9.17) is 0 Å². The molecular formula is C15H9Br2N3O. The summed E-state index contributed by atoms with van der Waals surface area (Å²) < 4.78 is 1.55. The third kappa shape index (κ3) is 2.96. The number of pyridine rings is 2. The Morgan fingerprint density at radius 3 is 2.76 bits per heavy atom. The number of nitrogens with one attached hydrogen (secondary N) is 1. The molecule has 0 spiro atoms. The van der Waals surface area contributed by atoms with Crippen LogP contribution in [0, 0.1) is 0 Å². The zero-order valence-corrected chi connectivity index (χ0v) is 13.8. The van der Waals surface area contributed by atoms with Crippen molar-refractivity contribution in [3.05, 3.63) is 63.4 Å². The van der Waals surface area contributed by atoms with Gasteiger partial charge in [0.15, 0.2) is 0 Å². The average molecular weight is 407 g/mol. The minimum absolute atomic E-state index is 0.278. The van der Waals surface area contributed by atoms with E-state index in [1.165, 1.54) is 0 Å². The van der Waals surface area contributed by atoms with Gasteiger partial charge >= 0.3 is 0 Å². The Hall–Kier alpha value is -1.79. The van der Waals surface area contributed by atoms with Gasteiger partial charge in [-0.05, 0) is 56.1 Å². The maximum absolute atomic E-state index is 12.3. The van der Waals surface area contributed by atoms with Gasteiger partial charge < -0.3 is 5.32 Å². The van der Waals surface area contributed by atoms with Crippen molar-refractivity contribution in [2.24, 2.45) is 0 Å². The Labute approximate surface area is 137 Å². The number of fused-ring (bicyclic) bond motifs is 1. The van der Waals surface area contributed by atoms with Gasteiger partial charge in [0.1, 0.15) is 5.69 Å². The summed E-state index contributed by atoms with van der Waals surface area (Å²) in [4.78, 5) is 20.7. The highest BCUT2D eigenvalue weighted by atomic mass is 79.9. The smallest absolute Gasteiger partial charge is 0.275 e. The van der Waals surface area contributed by atoms with E-state index in [0.717, 1.165) is 15.4 Å². The first kappa shape index (κ1) is 14.2. The van der Waals surface area contributed by atoms with Crippen molar-refractivity contribution in [2.75, 3.05) is 5.32 Å². The third-order valence-electron chi connectivity index (χ3n) is 2.90. The fraction of sp³-hybridized carbons (Fsp3) is 0. The van der Waals surface area contributed by atoms with Gasteiger partial charge in [-0.3, -0.25) is 9.78 Å². The second-order valence-electron chi connectivity index (χ2n) is 4.32. The number of halogens is 2. The summed E-state index contributed by atoms with van der Waals surface area (Å²) in [5.41, 5.74) is 1.73. The molecule has 0 radical (unpaired) electrons. The van der Waals surface area contributed by atoms with Crippen molar-refractivity contribution in [1.29, 1.82) is 0 Å². The van der Waals surface area contributed by atoms with Crippen molar-refractivity contribution in [1.82, 2.24) is 9.97 Å². The summed E-state index contributed by atoms with van der Waals surface area (Å²) >= 11 is 6.71. The summed E-state index contributed by atoms with van der Waals surface area (Å²) in [5, 5.41) is 3.80. The molecule has 3 aromatic rings. The van der Waals surface area contributed by atoms with Crippen LogP contribution >= 0.6 is 31.9 Å². The number of benzene rings is 1. The van der Waals surface area contributed by atoms with Gasteiger partial charge in [0.05, 0.1) is 11.2 Å². The lowest BCUT2D eigenvalue weighted by Crippen LogP contribution is -2.14. The number of carbonyl (C=O) groups is 1. The van der Waals surface area contributed by atoms with E-state index in [0.29, 0.717) is 15.9 Å². The molecule has 4 nitrogen and oxygen atoms in total. The summed E-state index contributed by atoms with van der Waals surface area (Å²) in [6.45, 7) is 0. The molecule has 0 aliphatic carbocycles. The lowest BCUT2D eigenvalue weighted by Gasteiger charge is -2.08. The molecule has 0 bridgehead atoms. The Balaban J connectivity index is 1.99. The lowest BCUT2D eigenvalue weighted by molar-refractivity contribution is 0.102. The number of aromatic nitrogens is 2. The van der Waals surface area contributed by atoms with Crippen LogP contribution in [-0.4, -0.2) is 15.9 Å². The highest BCUT2D eigenvalue weighted by molar-refractivity contribution is 9.10. The van der Waals surface area contributed by atoms with Crippen molar-refractivity contribution in [3.8, 4) is 0 Å². The summed E-state index contributed by atoms with van der Waals surface area (Å²) in [6.07, 6.45) is 3.28. The minimum Gasteiger partial charge on any atom is -0.319 e. The van der Waals surface area contributed by atoms with Gasteiger partial charge in [-0.25, -0.2) is 4.98 Å². The molecule has 0 atom stereocenters. The van der Waals surface area contributed by atoms with Crippen LogP contribution in [0.15, 0.2) is 57.7 Å².